The monoisotopic (exact) mass is 132 g/mol. The van der Waals surface area contributed by atoms with Crippen molar-refractivity contribution in [2.75, 3.05) is 0 Å². The Morgan fingerprint density at radius 3 is 3.10 bits per heavy atom. The molecule has 0 atom stereocenters. The van der Waals surface area contributed by atoms with Gasteiger partial charge in [-0.2, -0.15) is 0 Å². The van der Waals surface area contributed by atoms with Crippen LogP contribution in [0.5, 0.6) is 0 Å². The third-order valence-corrected chi connectivity index (χ3v) is 1.50. The molecule has 1 aliphatic carbocycles. The van der Waals surface area contributed by atoms with Crippen molar-refractivity contribution in [3.05, 3.63) is 48.6 Å². The molecule has 0 aromatic heterocycles. The zero-order valence-electron chi connectivity index (χ0n) is 6.09. The highest BCUT2D eigenvalue weighted by Gasteiger charge is 1.94. The molecule has 0 heteroatoms. The molecular weight excluding hydrogens is 120 g/mol. The Kier molecular flexibility index (Phi) is 2.75. The van der Waals surface area contributed by atoms with Gasteiger partial charge in [0.1, 0.15) is 0 Å². The third kappa shape index (κ3) is 2.06. The molecule has 1 rings (SSSR count). The van der Waals surface area contributed by atoms with Gasteiger partial charge in [-0.25, -0.2) is 0 Å². The van der Waals surface area contributed by atoms with E-state index in [1.807, 2.05) is 12.2 Å². The van der Waals surface area contributed by atoms with Crippen LogP contribution >= 0.6 is 0 Å². The average Bonchev–Trinajstić information content (AvgIpc) is 2.41. The quantitative estimate of drug-likeness (QED) is 0.518. The van der Waals surface area contributed by atoms with Crippen molar-refractivity contribution < 1.29 is 0 Å². The molecule has 0 aliphatic heterocycles. The number of hydrogen-bond donors (Lipinski definition) is 0. The summed E-state index contributed by atoms with van der Waals surface area (Å²) < 4.78 is 0. The largest absolute Gasteiger partial charge is 0.0991 e. The van der Waals surface area contributed by atoms with Gasteiger partial charge in [0.05, 0.1) is 0 Å². The molecule has 1 aliphatic rings. The summed E-state index contributed by atoms with van der Waals surface area (Å²) >= 11 is 0. The van der Waals surface area contributed by atoms with E-state index in [2.05, 4.69) is 30.9 Å². The summed E-state index contributed by atoms with van der Waals surface area (Å²) in [6.45, 7) is 3.60. The summed E-state index contributed by atoms with van der Waals surface area (Å²) in [5.41, 5.74) is 1.48. The van der Waals surface area contributed by atoms with Crippen LogP contribution < -0.4 is 0 Å². The lowest BCUT2D eigenvalue weighted by atomic mass is 10.1. The molecule has 0 aromatic carbocycles. The van der Waals surface area contributed by atoms with Crippen molar-refractivity contribution in [3.8, 4) is 0 Å². The summed E-state index contributed by atoms with van der Waals surface area (Å²) in [6, 6.07) is 0. The maximum Gasteiger partial charge on any atom is -0.0129 e. The first-order chi connectivity index (χ1) is 4.93. The van der Waals surface area contributed by atoms with Gasteiger partial charge in [0.25, 0.3) is 0 Å². The molecule has 0 radical (unpaired) electrons. The SMILES string of the molecule is C=C/C=C/CC1=CC=CC1. The molecule has 0 amide bonds. The van der Waals surface area contributed by atoms with Crippen LogP contribution in [0.2, 0.25) is 0 Å². The first kappa shape index (κ1) is 7.07. The first-order valence-corrected chi connectivity index (χ1v) is 3.55. The molecule has 0 N–H and O–H groups in total. The van der Waals surface area contributed by atoms with Crippen LogP contribution in [0.25, 0.3) is 0 Å². The lowest BCUT2D eigenvalue weighted by Crippen LogP contribution is -1.72. The highest BCUT2D eigenvalue weighted by Crippen LogP contribution is 2.14. The van der Waals surface area contributed by atoms with E-state index in [-0.39, 0.29) is 0 Å². The fourth-order valence-corrected chi connectivity index (χ4v) is 0.959. The molecule has 0 saturated heterocycles. The zero-order chi connectivity index (χ0) is 7.23. The molecule has 0 saturated carbocycles. The molecule has 0 bridgehead atoms. The second-order valence-corrected chi connectivity index (χ2v) is 2.33. The van der Waals surface area contributed by atoms with E-state index in [0.717, 1.165) is 12.8 Å². The Morgan fingerprint density at radius 2 is 2.50 bits per heavy atom. The van der Waals surface area contributed by atoms with Crippen molar-refractivity contribution >= 4 is 0 Å². The molecule has 0 nitrogen and oxygen atoms in total. The predicted molar refractivity (Wildman–Crippen MR) is 45.8 cm³/mol. The van der Waals surface area contributed by atoms with E-state index < -0.39 is 0 Å². The molecule has 0 spiro atoms. The Bertz CT molecular complexity index is 192. The molecular formula is C10H12. The topological polar surface area (TPSA) is 0 Å². The predicted octanol–water partition coefficient (Wildman–Crippen LogP) is 3.01. The van der Waals surface area contributed by atoms with E-state index in [1.165, 1.54) is 5.57 Å². The third-order valence-electron chi connectivity index (χ3n) is 1.50. The lowest BCUT2D eigenvalue weighted by molar-refractivity contribution is 1.13. The second kappa shape index (κ2) is 3.89. The lowest BCUT2D eigenvalue weighted by Gasteiger charge is -1.91. The Labute approximate surface area is 62.3 Å². The van der Waals surface area contributed by atoms with Gasteiger partial charge in [0, 0.05) is 0 Å². The van der Waals surface area contributed by atoms with Crippen LogP contribution in [0, 0.1) is 0 Å². The van der Waals surface area contributed by atoms with Crippen LogP contribution in [0.15, 0.2) is 48.6 Å². The molecule has 0 fully saturated rings. The van der Waals surface area contributed by atoms with Gasteiger partial charge in [0.15, 0.2) is 0 Å². The molecule has 10 heavy (non-hydrogen) atoms. The number of hydrogen-bond acceptors (Lipinski definition) is 0. The molecule has 0 heterocycles. The highest BCUT2D eigenvalue weighted by atomic mass is 14.0. The van der Waals surface area contributed by atoms with E-state index >= 15 is 0 Å². The highest BCUT2D eigenvalue weighted by molar-refractivity contribution is 5.25. The average molecular weight is 132 g/mol. The van der Waals surface area contributed by atoms with Gasteiger partial charge < -0.3 is 0 Å². The maximum absolute atomic E-state index is 3.60. The fourth-order valence-electron chi connectivity index (χ4n) is 0.959. The number of allylic oxidation sites excluding steroid dienone is 7. The van der Waals surface area contributed by atoms with E-state index in [0.29, 0.717) is 0 Å². The molecule has 0 aromatic rings. The standard InChI is InChI=1S/C10H12/c1-2-3-4-7-10-8-5-6-9-10/h2-6,8H,1,7,9H2/b4-3+. The smallest absolute Gasteiger partial charge is 0.0129 e. The zero-order valence-corrected chi connectivity index (χ0v) is 6.09. The second-order valence-electron chi connectivity index (χ2n) is 2.33. The van der Waals surface area contributed by atoms with Gasteiger partial charge in [-0.15, -0.1) is 0 Å². The minimum Gasteiger partial charge on any atom is -0.0991 e. The van der Waals surface area contributed by atoms with Gasteiger partial charge in [-0.3, -0.25) is 0 Å². The molecule has 52 valence electrons. The van der Waals surface area contributed by atoms with Crippen molar-refractivity contribution in [3.63, 3.8) is 0 Å². The first-order valence-electron chi connectivity index (χ1n) is 3.55. The van der Waals surface area contributed by atoms with Crippen molar-refractivity contribution in [1.29, 1.82) is 0 Å². The Morgan fingerprint density at radius 1 is 1.60 bits per heavy atom. The van der Waals surface area contributed by atoms with Gasteiger partial charge in [-0.05, 0) is 12.8 Å². The van der Waals surface area contributed by atoms with Gasteiger partial charge in [0.2, 0.25) is 0 Å². The van der Waals surface area contributed by atoms with Crippen LogP contribution in [0.3, 0.4) is 0 Å². The van der Waals surface area contributed by atoms with Gasteiger partial charge >= 0.3 is 0 Å². The number of rotatable bonds is 3. The van der Waals surface area contributed by atoms with E-state index in [1.54, 1.807) is 0 Å². The fraction of sp³-hybridized carbons (Fsp3) is 0.200. The van der Waals surface area contributed by atoms with E-state index in [4.69, 9.17) is 0 Å². The van der Waals surface area contributed by atoms with E-state index in [9.17, 15) is 0 Å². The summed E-state index contributed by atoms with van der Waals surface area (Å²) in [7, 11) is 0. The maximum atomic E-state index is 3.60. The van der Waals surface area contributed by atoms with Crippen molar-refractivity contribution in [1.82, 2.24) is 0 Å². The van der Waals surface area contributed by atoms with Crippen LogP contribution in [-0.2, 0) is 0 Å². The summed E-state index contributed by atoms with van der Waals surface area (Å²) in [5.74, 6) is 0. The minimum atomic E-state index is 1.07. The summed E-state index contributed by atoms with van der Waals surface area (Å²) in [5, 5.41) is 0. The Hall–Kier alpha value is -1.04. The minimum absolute atomic E-state index is 1.07. The molecule has 0 unspecified atom stereocenters. The Balaban J connectivity index is 2.27. The van der Waals surface area contributed by atoms with Crippen LogP contribution in [0.4, 0.5) is 0 Å². The summed E-state index contributed by atoms with van der Waals surface area (Å²) in [4.78, 5) is 0. The normalized spacial score (nSPS) is 16.2. The van der Waals surface area contributed by atoms with Crippen molar-refractivity contribution in [2.45, 2.75) is 12.8 Å². The van der Waals surface area contributed by atoms with Crippen LogP contribution in [-0.4, -0.2) is 0 Å². The van der Waals surface area contributed by atoms with Crippen molar-refractivity contribution in [2.24, 2.45) is 0 Å². The van der Waals surface area contributed by atoms with Gasteiger partial charge in [-0.1, -0.05) is 48.6 Å². The summed E-state index contributed by atoms with van der Waals surface area (Å²) in [6.07, 6.45) is 14.6. The van der Waals surface area contributed by atoms with Crippen LogP contribution in [0.1, 0.15) is 12.8 Å².